The molecule has 0 fully saturated rings. The summed E-state index contributed by atoms with van der Waals surface area (Å²) >= 11 is 3.00. The Morgan fingerprint density at radius 2 is 0.907 bits per heavy atom. The number of unbranched alkanes of at least 4 members (excludes halogenated alkanes) is 9. The van der Waals surface area contributed by atoms with Crippen molar-refractivity contribution < 1.29 is 9.59 Å². The summed E-state index contributed by atoms with van der Waals surface area (Å²) in [5.74, 6) is 0.200. The third-order valence-electron chi connectivity index (χ3n) is 10.8. The van der Waals surface area contributed by atoms with Gasteiger partial charge in [0, 0.05) is 79.9 Å². The highest BCUT2D eigenvalue weighted by atomic mass is 32.1. The molecule has 54 heavy (non-hydrogen) atoms. The number of aromatic nitrogens is 4. The third-order valence-corrected chi connectivity index (χ3v) is 12.9. The fraction of sp³-hybridized carbons (Fsp3) is 0.304. The van der Waals surface area contributed by atoms with Crippen molar-refractivity contribution in [3.8, 4) is 22.5 Å². The second-order valence-corrected chi connectivity index (χ2v) is 16.3. The zero-order valence-electron chi connectivity index (χ0n) is 31.1. The summed E-state index contributed by atoms with van der Waals surface area (Å²) in [5, 5.41) is 9.12. The molecule has 6 aromatic heterocycles. The Morgan fingerprint density at radius 3 is 1.30 bits per heavy atom. The second kappa shape index (κ2) is 16.2. The van der Waals surface area contributed by atoms with Crippen LogP contribution in [-0.2, 0) is 13.1 Å². The van der Waals surface area contributed by atoms with Crippen molar-refractivity contribution in [1.82, 2.24) is 19.1 Å². The van der Waals surface area contributed by atoms with Gasteiger partial charge in [-0.3, -0.25) is 19.6 Å². The molecule has 0 radical (unpaired) electrons. The van der Waals surface area contributed by atoms with E-state index in [-0.39, 0.29) is 11.6 Å². The molecule has 0 aliphatic carbocycles. The van der Waals surface area contributed by atoms with E-state index >= 15 is 0 Å². The summed E-state index contributed by atoms with van der Waals surface area (Å²) in [4.78, 5) is 35.3. The van der Waals surface area contributed by atoms with Crippen molar-refractivity contribution in [1.29, 1.82) is 0 Å². The molecule has 2 aromatic carbocycles. The number of thiophene rings is 2. The number of carbonyl (C=O) groups is 2. The van der Waals surface area contributed by atoms with E-state index in [1.54, 1.807) is 13.8 Å². The van der Waals surface area contributed by atoms with Gasteiger partial charge in [-0.2, -0.15) is 0 Å². The third kappa shape index (κ3) is 7.17. The number of ketones is 2. The standard InChI is InChI=1S/C46H46N4O2S2/c1-31(51)41-27-33(29-53-41)43-45-37(21-23-47-43)35-17-11-13-19-39(35)49(45)25-15-9-7-5-3-4-6-8-10-16-26-50-40-20-14-12-18-36(40)38-22-24-48-44(46(38)50)34-28-42(32(2)52)54-30-34/h11-14,17-24,27-30H,3-10,15-16,25-26H2,1-2H3. The Balaban J connectivity index is 0.821. The van der Waals surface area contributed by atoms with E-state index in [9.17, 15) is 9.59 Å². The molecule has 0 bridgehead atoms. The molecule has 8 aromatic rings. The molecule has 0 spiro atoms. The van der Waals surface area contributed by atoms with Gasteiger partial charge in [-0.1, -0.05) is 87.8 Å². The van der Waals surface area contributed by atoms with Crippen LogP contribution in [-0.4, -0.2) is 30.7 Å². The van der Waals surface area contributed by atoms with Gasteiger partial charge in [0.15, 0.2) is 11.6 Å². The first-order valence-electron chi connectivity index (χ1n) is 19.4. The van der Waals surface area contributed by atoms with E-state index < -0.39 is 0 Å². The normalized spacial score (nSPS) is 11.8. The second-order valence-electron chi connectivity index (χ2n) is 14.5. The molecule has 0 aliphatic heterocycles. The van der Waals surface area contributed by atoms with Crippen molar-refractivity contribution in [3.05, 3.63) is 106 Å². The average Bonchev–Trinajstić information content (AvgIpc) is 4.00. The lowest BCUT2D eigenvalue weighted by Crippen LogP contribution is -2.00. The van der Waals surface area contributed by atoms with Crippen LogP contribution in [0.3, 0.4) is 0 Å². The topological polar surface area (TPSA) is 69.8 Å². The van der Waals surface area contributed by atoms with Gasteiger partial charge < -0.3 is 9.13 Å². The highest BCUT2D eigenvalue weighted by Gasteiger charge is 2.19. The molecule has 6 nitrogen and oxygen atoms in total. The molecule has 0 N–H and O–H groups in total. The number of fused-ring (bicyclic) bond motifs is 6. The predicted molar refractivity (Wildman–Crippen MR) is 227 cm³/mol. The van der Waals surface area contributed by atoms with Crippen molar-refractivity contribution in [2.45, 2.75) is 91.1 Å². The first-order valence-corrected chi connectivity index (χ1v) is 21.2. The Bertz CT molecular complexity index is 2420. The minimum absolute atomic E-state index is 0.100. The smallest absolute Gasteiger partial charge is 0.169 e. The molecule has 8 heteroatoms. The van der Waals surface area contributed by atoms with Crippen LogP contribution in [0.4, 0.5) is 0 Å². The number of hydrogen-bond acceptors (Lipinski definition) is 6. The highest BCUT2D eigenvalue weighted by Crippen LogP contribution is 2.38. The number of benzene rings is 2. The molecular weight excluding hydrogens is 705 g/mol. The predicted octanol–water partition coefficient (Wildman–Crippen LogP) is 13.2. The van der Waals surface area contributed by atoms with E-state index in [1.165, 1.54) is 118 Å². The van der Waals surface area contributed by atoms with Gasteiger partial charge in [-0.05, 0) is 63.1 Å². The Labute approximate surface area is 324 Å². The van der Waals surface area contributed by atoms with Crippen LogP contribution < -0.4 is 0 Å². The molecule has 0 saturated heterocycles. The van der Waals surface area contributed by atoms with E-state index in [2.05, 4.69) is 80.6 Å². The lowest BCUT2D eigenvalue weighted by molar-refractivity contribution is 0.101. The molecule has 8 rings (SSSR count). The first-order chi connectivity index (χ1) is 26.5. The van der Waals surface area contributed by atoms with Crippen LogP contribution in [0.25, 0.3) is 66.1 Å². The maximum atomic E-state index is 12.0. The van der Waals surface area contributed by atoms with Crippen LogP contribution >= 0.6 is 22.7 Å². The molecular formula is C46H46N4O2S2. The lowest BCUT2D eigenvalue weighted by Gasteiger charge is -2.10. The number of hydrogen-bond donors (Lipinski definition) is 0. The van der Waals surface area contributed by atoms with Gasteiger partial charge >= 0.3 is 0 Å². The van der Waals surface area contributed by atoms with Crippen molar-refractivity contribution >= 4 is 77.9 Å². The van der Waals surface area contributed by atoms with E-state index in [4.69, 9.17) is 9.97 Å². The molecule has 6 heterocycles. The maximum Gasteiger partial charge on any atom is 0.169 e. The largest absolute Gasteiger partial charge is 0.339 e. The molecule has 0 unspecified atom stereocenters. The number of Topliss-reactive ketones (excluding diaryl/α,β-unsaturated/α-hetero) is 2. The van der Waals surface area contributed by atoms with Crippen LogP contribution in [0.15, 0.2) is 96.0 Å². The number of aryl methyl sites for hydroxylation is 2. The van der Waals surface area contributed by atoms with E-state index in [0.717, 1.165) is 58.2 Å². The SMILES string of the molecule is CC(=O)c1cc(-c2nccc3c4ccccc4n(CCCCCCCCCCCCn4c5ccccc5c5ccnc(-c6csc(C(C)=O)c6)c54)c23)cs1. The van der Waals surface area contributed by atoms with Crippen molar-refractivity contribution in [2.75, 3.05) is 0 Å². The summed E-state index contributed by atoms with van der Waals surface area (Å²) in [6.07, 6.45) is 16.2. The lowest BCUT2D eigenvalue weighted by atomic mass is 10.1. The minimum atomic E-state index is 0.100. The number of para-hydroxylation sites is 2. The number of nitrogens with zero attached hydrogens (tertiary/aromatic N) is 4. The Morgan fingerprint density at radius 1 is 0.519 bits per heavy atom. The number of carbonyl (C=O) groups excluding carboxylic acids is 2. The first kappa shape index (κ1) is 36.1. The quantitative estimate of drug-likeness (QED) is 0.0686. The Kier molecular flexibility index (Phi) is 10.8. The molecule has 0 aliphatic rings. The van der Waals surface area contributed by atoms with Gasteiger partial charge in [0.2, 0.25) is 0 Å². The van der Waals surface area contributed by atoms with Gasteiger partial charge in [0.25, 0.3) is 0 Å². The summed E-state index contributed by atoms with van der Waals surface area (Å²) in [5.41, 5.74) is 8.84. The fourth-order valence-electron chi connectivity index (χ4n) is 8.13. The van der Waals surface area contributed by atoms with Crippen LogP contribution in [0.2, 0.25) is 0 Å². The summed E-state index contributed by atoms with van der Waals surface area (Å²) < 4.78 is 4.92. The van der Waals surface area contributed by atoms with E-state index in [0.29, 0.717) is 0 Å². The van der Waals surface area contributed by atoms with E-state index in [1.807, 2.05) is 24.5 Å². The van der Waals surface area contributed by atoms with Crippen LogP contribution in [0.1, 0.15) is 97.4 Å². The molecule has 0 saturated carbocycles. The summed E-state index contributed by atoms with van der Waals surface area (Å²) in [7, 11) is 0. The van der Waals surface area contributed by atoms with Gasteiger partial charge in [0.05, 0.1) is 32.2 Å². The van der Waals surface area contributed by atoms with Crippen molar-refractivity contribution in [3.63, 3.8) is 0 Å². The van der Waals surface area contributed by atoms with Gasteiger partial charge in [-0.25, -0.2) is 0 Å². The number of pyridine rings is 2. The minimum Gasteiger partial charge on any atom is -0.339 e. The maximum absolute atomic E-state index is 12.0. The molecule has 274 valence electrons. The summed E-state index contributed by atoms with van der Waals surface area (Å²) in [6.45, 7) is 5.18. The fourth-order valence-corrected chi connectivity index (χ4v) is 9.72. The molecule has 0 amide bonds. The zero-order valence-corrected chi connectivity index (χ0v) is 32.8. The van der Waals surface area contributed by atoms with Crippen LogP contribution in [0.5, 0.6) is 0 Å². The monoisotopic (exact) mass is 750 g/mol. The number of rotatable bonds is 17. The van der Waals surface area contributed by atoms with Crippen LogP contribution in [0, 0.1) is 0 Å². The van der Waals surface area contributed by atoms with Gasteiger partial charge in [0.1, 0.15) is 0 Å². The zero-order chi connectivity index (χ0) is 37.0. The van der Waals surface area contributed by atoms with Gasteiger partial charge in [-0.15, -0.1) is 22.7 Å². The summed E-state index contributed by atoms with van der Waals surface area (Å²) in [6, 6.07) is 25.6. The van der Waals surface area contributed by atoms with Crippen molar-refractivity contribution in [2.24, 2.45) is 0 Å². The highest BCUT2D eigenvalue weighted by molar-refractivity contribution is 7.12. The molecule has 0 atom stereocenters. The average molecular weight is 751 g/mol. The Hall–Kier alpha value is -4.92.